The zero-order chi connectivity index (χ0) is 24.1. The molecule has 0 aliphatic rings. The summed E-state index contributed by atoms with van der Waals surface area (Å²) >= 11 is 1.07. The topological polar surface area (TPSA) is 114 Å². The largest absolute Gasteiger partial charge is 0.465 e. The number of nitrogens with zero attached hydrogens (tertiary/aromatic N) is 3. The second-order valence-electron chi connectivity index (χ2n) is 7.09. The van der Waals surface area contributed by atoms with Gasteiger partial charge in [0.05, 0.1) is 46.3 Å². The lowest BCUT2D eigenvalue weighted by Gasteiger charge is -2.14. The number of esters is 1. The Morgan fingerprint density at radius 3 is 2.56 bits per heavy atom. The first-order valence-corrected chi connectivity index (χ1v) is 11.1. The lowest BCUT2D eigenvalue weighted by Crippen LogP contribution is -2.23. The van der Waals surface area contributed by atoms with Gasteiger partial charge in [0.15, 0.2) is 5.16 Å². The maximum Gasteiger partial charge on any atom is 0.337 e. The number of carbonyl (C=O) groups is 2. The first kappa shape index (κ1) is 22.8. The van der Waals surface area contributed by atoms with E-state index in [1.54, 1.807) is 48.5 Å². The van der Waals surface area contributed by atoms with E-state index in [2.05, 4.69) is 10.3 Å². The van der Waals surface area contributed by atoms with Crippen molar-refractivity contribution >= 4 is 40.2 Å². The Labute approximate surface area is 198 Å². The summed E-state index contributed by atoms with van der Waals surface area (Å²) in [4.78, 5) is 42.5. The number of para-hydroxylation sites is 2. The number of thioether (sulfide) groups is 1. The van der Waals surface area contributed by atoms with Crippen LogP contribution in [0.1, 0.15) is 15.9 Å². The number of fused-ring (bicyclic) bond motifs is 1. The van der Waals surface area contributed by atoms with E-state index in [1.807, 2.05) is 12.1 Å². The highest BCUT2D eigenvalue weighted by molar-refractivity contribution is 7.99. The lowest BCUT2D eigenvalue weighted by molar-refractivity contribution is -0.113. The summed E-state index contributed by atoms with van der Waals surface area (Å²) in [6, 6.07) is 22.2. The fraction of sp³-hybridized carbons (Fsp3) is 0.0800. The van der Waals surface area contributed by atoms with Gasteiger partial charge >= 0.3 is 5.97 Å². The minimum atomic E-state index is -0.541. The average molecular weight is 471 g/mol. The minimum absolute atomic E-state index is 0.0543. The van der Waals surface area contributed by atoms with Gasteiger partial charge in [0.1, 0.15) is 6.07 Å². The van der Waals surface area contributed by atoms with E-state index in [1.165, 1.54) is 29.9 Å². The quantitative estimate of drug-likeness (QED) is 0.259. The maximum atomic E-state index is 13.4. The summed E-state index contributed by atoms with van der Waals surface area (Å²) in [7, 11) is 1.28. The molecule has 1 amide bonds. The molecule has 0 saturated carbocycles. The summed E-state index contributed by atoms with van der Waals surface area (Å²) in [5.41, 5.74) is 1.60. The normalized spacial score (nSPS) is 10.5. The van der Waals surface area contributed by atoms with Crippen LogP contribution in [0.25, 0.3) is 16.6 Å². The van der Waals surface area contributed by atoms with E-state index >= 15 is 0 Å². The van der Waals surface area contributed by atoms with Crippen LogP contribution in [0.4, 0.5) is 5.69 Å². The second kappa shape index (κ2) is 10.0. The number of nitriles is 1. The summed E-state index contributed by atoms with van der Waals surface area (Å²) in [5, 5.41) is 12.6. The predicted molar refractivity (Wildman–Crippen MR) is 129 cm³/mol. The van der Waals surface area contributed by atoms with Crippen molar-refractivity contribution in [2.45, 2.75) is 5.16 Å². The van der Waals surface area contributed by atoms with Gasteiger partial charge in [0.25, 0.3) is 5.56 Å². The molecule has 0 saturated heterocycles. The molecular weight excluding hydrogens is 452 g/mol. The zero-order valence-electron chi connectivity index (χ0n) is 18.0. The molecule has 0 unspecified atom stereocenters. The van der Waals surface area contributed by atoms with Crippen LogP contribution in [-0.4, -0.2) is 34.3 Å². The Kier molecular flexibility index (Phi) is 6.71. The van der Waals surface area contributed by atoms with Crippen LogP contribution in [0.3, 0.4) is 0 Å². The van der Waals surface area contributed by atoms with Gasteiger partial charge in [-0.25, -0.2) is 9.78 Å². The summed E-state index contributed by atoms with van der Waals surface area (Å²) in [5.74, 6) is -0.952. The van der Waals surface area contributed by atoms with Gasteiger partial charge in [0.2, 0.25) is 5.91 Å². The van der Waals surface area contributed by atoms with E-state index in [-0.39, 0.29) is 27.9 Å². The molecule has 4 rings (SSSR count). The SMILES string of the molecule is COC(=O)c1ccc2c(=O)n(-c3ccccc3)c(SCC(=O)Nc3ccccc3C#N)nc2c1. The molecule has 168 valence electrons. The molecule has 0 spiro atoms. The number of rotatable bonds is 6. The minimum Gasteiger partial charge on any atom is -0.465 e. The summed E-state index contributed by atoms with van der Waals surface area (Å²) in [6.07, 6.45) is 0. The van der Waals surface area contributed by atoms with E-state index < -0.39 is 5.97 Å². The number of carbonyl (C=O) groups excluding carboxylic acids is 2. The third-order valence-corrected chi connectivity index (χ3v) is 5.87. The predicted octanol–water partition coefficient (Wildman–Crippen LogP) is 3.77. The molecule has 0 aliphatic carbocycles. The molecule has 4 aromatic rings. The van der Waals surface area contributed by atoms with Crippen molar-refractivity contribution in [2.24, 2.45) is 0 Å². The fourth-order valence-electron chi connectivity index (χ4n) is 3.32. The number of hydrogen-bond donors (Lipinski definition) is 1. The molecular formula is C25H18N4O4S. The Bertz CT molecular complexity index is 1490. The molecule has 0 radical (unpaired) electrons. The van der Waals surface area contributed by atoms with Crippen LogP contribution >= 0.6 is 11.8 Å². The number of benzene rings is 3. The molecule has 0 atom stereocenters. The Balaban J connectivity index is 1.72. The van der Waals surface area contributed by atoms with Gasteiger partial charge < -0.3 is 10.1 Å². The molecule has 34 heavy (non-hydrogen) atoms. The number of nitrogens with one attached hydrogen (secondary N) is 1. The smallest absolute Gasteiger partial charge is 0.337 e. The molecule has 0 aliphatic heterocycles. The molecule has 9 heteroatoms. The highest BCUT2D eigenvalue weighted by atomic mass is 32.2. The fourth-order valence-corrected chi connectivity index (χ4v) is 4.13. The third kappa shape index (κ3) is 4.67. The van der Waals surface area contributed by atoms with Crippen molar-refractivity contribution in [2.75, 3.05) is 18.2 Å². The number of ether oxygens (including phenoxy) is 1. The highest BCUT2D eigenvalue weighted by Gasteiger charge is 2.17. The van der Waals surface area contributed by atoms with Crippen molar-refractivity contribution in [3.63, 3.8) is 0 Å². The number of hydrogen-bond acceptors (Lipinski definition) is 7. The third-order valence-electron chi connectivity index (χ3n) is 4.93. The summed E-state index contributed by atoms with van der Waals surface area (Å²) < 4.78 is 6.19. The Morgan fingerprint density at radius 2 is 1.82 bits per heavy atom. The number of aromatic nitrogens is 2. The summed E-state index contributed by atoms with van der Waals surface area (Å²) in [6.45, 7) is 0. The van der Waals surface area contributed by atoms with Crippen molar-refractivity contribution in [3.8, 4) is 11.8 Å². The molecule has 0 fully saturated rings. The van der Waals surface area contributed by atoms with Crippen LogP contribution in [0, 0.1) is 11.3 Å². The van der Waals surface area contributed by atoms with Gasteiger partial charge in [-0.05, 0) is 42.5 Å². The van der Waals surface area contributed by atoms with Crippen molar-refractivity contribution < 1.29 is 14.3 Å². The van der Waals surface area contributed by atoms with E-state index in [4.69, 9.17) is 4.74 Å². The Hall–Kier alpha value is -4.42. The zero-order valence-corrected chi connectivity index (χ0v) is 18.8. The molecule has 3 aromatic carbocycles. The molecule has 0 bridgehead atoms. The van der Waals surface area contributed by atoms with Crippen LogP contribution < -0.4 is 10.9 Å². The van der Waals surface area contributed by atoms with Crippen LogP contribution in [0.15, 0.2) is 82.7 Å². The van der Waals surface area contributed by atoms with Crippen molar-refractivity contribution in [3.05, 3.63) is 94.3 Å². The average Bonchev–Trinajstić information content (AvgIpc) is 2.87. The molecule has 1 heterocycles. The molecule has 1 N–H and O–H groups in total. The van der Waals surface area contributed by atoms with Gasteiger partial charge in [0, 0.05) is 0 Å². The molecule has 1 aromatic heterocycles. The number of amides is 1. The second-order valence-corrected chi connectivity index (χ2v) is 8.03. The van der Waals surface area contributed by atoms with Crippen LogP contribution in [0.5, 0.6) is 0 Å². The van der Waals surface area contributed by atoms with Gasteiger partial charge in [-0.2, -0.15) is 5.26 Å². The maximum absolute atomic E-state index is 13.4. The monoisotopic (exact) mass is 470 g/mol. The van der Waals surface area contributed by atoms with Crippen molar-refractivity contribution in [1.29, 1.82) is 5.26 Å². The van der Waals surface area contributed by atoms with Crippen LogP contribution in [0.2, 0.25) is 0 Å². The standard InChI is InChI=1S/C25H18N4O4S/c1-33-24(32)16-11-12-19-21(13-16)28-25(29(23(19)31)18-8-3-2-4-9-18)34-15-22(30)27-20-10-6-5-7-17(20)14-26/h2-13H,15H2,1H3,(H,27,30). The number of anilines is 1. The van der Waals surface area contributed by atoms with Crippen molar-refractivity contribution in [1.82, 2.24) is 9.55 Å². The first-order valence-electron chi connectivity index (χ1n) is 10.1. The van der Waals surface area contributed by atoms with Crippen LogP contribution in [-0.2, 0) is 9.53 Å². The van der Waals surface area contributed by atoms with E-state index in [0.717, 1.165) is 11.8 Å². The van der Waals surface area contributed by atoms with E-state index in [9.17, 15) is 19.6 Å². The first-order chi connectivity index (χ1) is 16.5. The Morgan fingerprint density at radius 1 is 1.09 bits per heavy atom. The highest BCUT2D eigenvalue weighted by Crippen LogP contribution is 2.23. The molecule has 8 nitrogen and oxygen atoms in total. The van der Waals surface area contributed by atoms with Gasteiger partial charge in [-0.1, -0.05) is 42.1 Å². The van der Waals surface area contributed by atoms with Gasteiger partial charge in [-0.15, -0.1) is 0 Å². The lowest BCUT2D eigenvalue weighted by atomic mass is 10.1. The van der Waals surface area contributed by atoms with E-state index in [0.29, 0.717) is 27.8 Å². The van der Waals surface area contributed by atoms with Gasteiger partial charge in [-0.3, -0.25) is 14.2 Å². The number of methoxy groups -OCH3 is 1.